The maximum atomic E-state index is 11.2. The van der Waals surface area contributed by atoms with Crippen LogP contribution in [0.4, 0.5) is 11.5 Å². The molecule has 0 bridgehead atoms. The molecular formula is C9H16N4O6. The average Bonchev–Trinajstić information content (AvgIpc) is 2.38. The molecule has 0 aromatic carbocycles. The predicted molar refractivity (Wildman–Crippen MR) is 65.7 cm³/mol. The minimum absolute atomic E-state index is 0.113. The fourth-order valence-electron chi connectivity index (χ4n) is 1.33. The number of anilines is 2. The first-order valence-electron chi connectivity index (χ1n) is 5.37. The Balaban J connectivity index is 2.72. The zero-order chi connectivity index (χ0) is 14.6. The Labute approximate surface area is 106 Å². The number of H-pyrrole nitrogens is 2. The van der Waals surface area contributed by atoms with Crippen LogP contribution >= 0.6 is 0 Å². The summed E-state index contributed by atoms with van der Waals surface area (Å²) in [6.07, 6.45) is -4.54. The van der Waals surface area contributed by atoms with Gasteiger partial charge in [0, 0.05) is 6.54 Å². The van der Waals surface area contributed by atoms with Gasteiger partial charge in [0.2, 0.25) is 0 Å². The first kappa shape index (κ1) is 15.2. The topological polar surface area (TPSA) is 185 Å². The van der Waals surface area contributed by atoms with Gasteiger partial charge in [-0.15, -0.1) is 0 Å². The van der Waals surface area contributed by atoms with Crippen LogP contribution < -0.4 is 22.3 Å². The Morgan fingerprint density at radius 3 is 2.37 bits per heavy atom. The average molecular weight is 276 g/mol. The smallest absolute Gasteiger partial charge is 0.327 e. The van der Waals surface area contributed by atoms with Crippen molar-refractivity contribution in [3.8, 4) is 0 Å². The Morgan fingerprint density at radius 2 is 1.79 bits per heavy atom. The van der Waals surface area contributed by atoms with Gasteiger partial charge in [-0.2, -0.15) is 0 Å². The van der Waals surface area contributed by atoms with Crippen LogP contribution in [-0.2, 0) is 0 Å². The summed E-state index contributed by atoms with van der Waals surface area (Å²) in [5, 5.41) is 39.0. The third-order valence-corrected chi connectivity index (χ3v) is 2.44. The summed E-state index contributed by atoms with van der Waals surface area (Å²) in [5.74, 6) is -0.113. The molecule has 0 aliphatic rings. The number of hydrogen-bond donors (Lipinski definition) is 8. The van der Waals surface area contributed by atoms with Crippen molar-refractivity contribution in [3.63, 3.8) is 0 Å². The highest BCUT2D eigenvalue weighted by molar-refractivity contribution is 5.58. The second-order valence-corrected chi connectivity index (χ2v) is 3.89. The highest BCUT2D eigenvalue weighted by Crippen LogP contribution is 2.07. The number of rotatable bonds is 6. The summed E-state index contributed by atoms with van der Waals surface area (Å²) in [4.78, 5) is 26.3. The number of aromatic amines is 2. The molecule has 0 saturated heterocycles. The molecule has 19 heavy (non-hydrogen) atoms. The predicted octanol–water partition coefficient (Wildman–Crippen LogP) is -3.87. The van der Waals surface area contributed by atoms with E-state index in [1.54, 1.807) is 0 Å². The molecule has 1 rings (SSSR count). The van der Waals surface area contributed by atoms with E-state index in [9.17, 15) is 19.8 Å². The maximum absolute atomic E-state index is 11.2. The van der Waals surface area contributed by atoms with E-state index < -0.39 is 36.2 Å². The van der Waals surface area contributed by atoms with Crippen molar-refractivity contribution in [2.45, 2.75) is 18.3 Å². The molecule has 1 heterocycles. The monoisotopic (exact) mass is 276 g/mol. The van der Waals surface area contributed by atoms with Gasteiger partial charge in [0.15, 0.2) is 0 Å². The number of nitrogens with one attached hydrogen (secondary N) is 3. The molecule has 9 N–H and O–H groups in total. The van der Waals surface area contributed by atoms with Crippen LogP contribution in [0.5, 0.6) is 0 Å². The number of nitrogen functional groups attached to an aromatic ring is 1. The first-order chi connectivity index (χ1) is 8.86. The van der Waals surface area contributed by atoms with Gasteiger partial charge in [0.25, 0.3) is 5.56 Å². The summed E-state index contributed by atoms with van der Waals surface area (Å²) in [6.45, 7) is -1.02. The van der Waals surface area contributed by atoms with Gasteiger partial charge in [0.05, 0.1) is 12.7 Å². The number of aromatic nitrogens is 2. The SMILES string of the molecule is Nc1c(NC[C@H](O)[C@@H](O)[C@@H](O)CO)[nH]c(=O)[nH]c1=O. The van der Waals surface area contributed by atoms with Crippen molar-refractivity contribution in [1.82, 2.24) is 9.97 Å². The number of aliphatic hydroxyl groups excluding tert-OH is 4. The molecule has 0 fully saturated rings. The van der Waals surface area contributed by atoms with Crippen molar-refractivity contribution in [2.24, 2.45) is 0 Å². The minimum Gasteiger partial charge on any atom is -0.394 e. The lowest BCUT2D eigenvalue weighted by Crippen LogP contribution is -2.43. The summed E-state index contributed by atoms with van der Waals surface area (Å²) < 4.78 is 0. The largest absolute Gasteiger partial charge is 0.394 e. The maximum Gasteiger partial charge on any atom is 0.327 e. The number of nitrogens with two attached hydrogens (primary N) is 1. The molecule has 0 saturated carbocycles. The Bertz CT molecular complexity index is 526. The van der Waals surface area contributed by atoms with E-state index in [2.05, 4.69) is 10.3 Å². The Kier molecular flexibility index (Phi) is 5.06. The van der Waals surface area contributed by atoms with Gasteiger partial charge in [-0.3, -0.25) is 14.8 Å². The molecule has 0 unspecified atom stereocenters. The van der Waals surface area contributed by atoms with Crippen LogP contribution in [0.25, 0.3) is 0 Å². The summed E-state index contributed by atoms with van der Waals surface area (Å²) in [6, 6.07) is 0. The van der Waals surface area contributed by atoms with Gasteiger partial charge in [-0.05, 0) is 0 Å². The molecule has 0 spiro atoms. The standard InChI is InChI=1S/C9H16N4O6/c10-5-7(12-9(19)13-8(5)18)11-1-3(15)6(17)4(16)2-14/h3-4,6,14-17H,1-2,10H2,(H3,11,12,13,18,19)/t3-,4-,6+/m0/s1. The zero-order valence-electron chi connectivity index (χ0n) is 9.83. The van der Waals surface area contributed by atoms with Crippen molar-refractivity contribution in [2.75, 3.05) is 24.2 Å². The Hall–Kier alpha value is -1.88. The van der Waals surface area contributed by atoms with Crippen LogP contribution in [0.3, 0.4) is 0 Å². The number of aliphatic hydroxyl groups is 4. The van der Waals surface area contributed by atoms with Crippen LogP contribution in [-0.4, -0.2) is 61.9 Å². The fourth-order valence-corrected chi connectivity index (χ4v) is 1.33. The second kappa shape index (κ2) is 6.33. The van der Waals surface area contributed by atoms with E-state index in [4.69, 9.17) is 15.9 Å². The van der Waals surface area contributed by atoms with E-state index >= 15 is 0 Å². The molecule has 10 heteroatoms. The zero-order valence-corrected chi connectivity index (χ0v) is 9.83. The molecule has 0 aliphatic carbocycles. The third kappa shape index (κ3) is 3.79. The number of hydrogen-bond acceptors (Lipinski definition) is 8. The molecule has 1 aromatic rings. The lowest BCUT2D eigenvalue weighted by atomic mass is 10.1. The molecule has 1 aromatic heterocycles. The van der Waals surface area contributed by atoms with E-state index in [0.717, 1.165) is 0 Å². The van der Waals surface area contributed by atoms with Gasteiger partial charge in [0.1, 0.15) is 23.7 Å². The summed E-state index contributed by atoms with van der Waals surface area (Å²) in [5.41, 5.74) is 3.52. The van der Waals surface area contributed by atoms with Gasteiger partial charge in [-0.1, -0.05) is 0 Å². The first-order valence-corrected chi connectivity index (χ1v) is 5.37. The van der Waals surface area contributed by atoms with E-state index in [0.29, 0.717) is 0 Å². The van der Waals surface area contributed by atoms with Gasteiger partial charge in [-0.25, -0.2) is 4.79 Å². The third-order valence-electron chi connectivity index (χ3n) is 2.44. The van der Waals surface area contributed by atoms with Gasteiger partial charge >= 0.3 is 5.69 Å². The molecular weight excluding hydrogens is 260 g/mol. The molecule has 10 nitrogen and oxygen atoms in total. The normalized spacial score (nSPS) is 15.8. The van der Waals surface area contributed by atoms with Crippen LogP contribution in [0, 0.1) is 0 Å². The quantitative estimate of drug-likeness (QED) is 0.259. The van der Waals surface area contributed by atoms with E-state index in [1.165, 1.54) is 0 Å². The molecule has 108 valence electrons. The van der Waals surface area contributed by atoms with Crippen LogP contribution in [0.1, 0.15) is 0 Å². The highest BCUT2D eigenvalue weighted by Gasteiger charge is 2.24. The van der Waals surface area contributed by atoms with Gasteiger partial charge < -0.3 is 31.5 Å². The molecule has 0 aliphatic heterocycles. The summed E-state index contributed by atoms with van der Waals surface area (Å²) >= 11 is 0. The second-order valence-electron chi connectivity index (χ2n) is 3.89. The molecule has 0 radical (unpaired) electrons. The van der Waals surface area contributed by atoms with Crippen LogP contribution in [0.2, 0.25) is 0 Å². The lowest BCUT2D eigenvalue weighted by Gasteiger charge is -2.22. The van der Waals surface area contributed by atoms with Crippen molar-refractivity contribution >= 4 is 11.5 Å². The fraction of sp³-hybridized carbons (Fsp3) is 0.556. The summed E-state index contributed by atoms with van der Waals surface area (Å²) in [7, 11) is 0. The Morgan fingerprint density at radius 1 is 1.16 bits per heavy atom. The van der Waals surface area contributed by atoms with E-state index in [-0.39, 0.29) is 18.1 Å². The van der Waals surface area contributed by atoms with E-state index in [1.807, 2.05) is 4.98 Å². The van der Waals surface area contributed by atoms with Crippen LogP contribution in [0.15, 0.2) is 9.59 Å². The molecule has 0 amide bonds. The van der Waals surface area contributed by atoms with Crippen molar-refractivity contribution in [1.29, 1.82) is 0 Å². The highest BCUT2D eigenvalue weighted by atomic mass is 16.4. The lowest BCUT2D eigenvalue weighted by molar-refractivity contribution is -0.0715. The minimum atomic E-state index is -1.59. The van der Waals surface area contributed by atoms with Crippen molar-refractivity contribution < 1.29 is 20.4 Å². The van der Waals surface area contributed by atoms with Crippen molar-refractivity contribution in [3.05, 3.63) is 20.8 Å². The molecule has 3 atom stereocenters.